The number of nitrogens with zero attached hydrogens (tertiary/aromatic N) is 1. The number of hydrogen-bond donors (Lipinski definition) is 2. The van der Waals surface area contributed by atoms with E-state index in [1.807, 2.05) is 4.90 Å². The molecule has 1 aliphatic rings. The summed E-state index contributed by atoms with van der Waals surface area (Å²) in [5, 5.41) is 12.1. The molecule has 0 aromatic carbocycles. The average molecular weight is 284 g/mol. The number of carboxylic acids is 1. The predicted molar refractivity (Wildman–Crippen MR) is 78.6 cm³/mol. The second-order valence-corrected chi connectivity index (χ2v) is 5.88. The van der Waals surface area contributed by atoms with Crippen LogP contribution in [0.15, 0.2) is 0 Å². The minimum atomic E-state index is -0.774. The Bertz CT molecular complexity index is 318. The van der Waals surface area contributed by atoms with Gasteiger partial charge in [0, 0.05) is 31.5 Å². The minimum Gasteiger partial charge on any atom is -0.481 e. The van der Waals surface area contributed by atoms with Gasteiger partial charge in [-0.05, 0) is 38.6 Å². The van der Waals surface area contributed by atoms with Crippen LogP contribution in [0.25, 0.3) is 0 Å². The van der Waals surface area contributed by atoms with E-state index in [0.29, 0.717) is 18.9 Å². The molecule has 0 saturated carbocycles. The maximum absolute atomic E-state index is 12.2. The quantitative estimate of drug-likeness (QED) is 0.669. The fourth-order valence-corrected chi connectivity index (χ4v) is 2.69. The number of nitrogens with one attached hydrogen (secondary N) is 1. The van der Waals surface area contributed by atoms with Crippen LogP contribution >= 0.6 is 0 Å². The first-order valence-electron chi connectivity index (χ1n) is 7.75. The van der Waals surface area contributed by atoms with Crippen molar-refractivity contribution in [3.05, 3.63) is 0 Å². The zero-order valence-electron chi connectivity index (χ0n) is 12.7. The first-order chi connectivity index (χ1) is 9.50. The van der Waals surface area contributed by atoms with Gasteiger partial charge >= 0.3 is 5.97 Å². The SMILES string of the molecule is CC(C)NCCCC(=O)N1CCCCC1CCC(=O)O. The van der Waals surface area contributed by atoms with Crippen molar-refractivity contribution >= 4 is 11.9 Å². The molecule has 0 aromatic heterocycles. The van der Waals surface area contributed by atoms with Crippen LogP contribution in [0, 0.1) is 0 Å². The molecular formula is C15H28N2O3. The highest BCUT2D eigenvalue weighted by atomic mass is 16.4. The molecule has 1 rings (SSSR count). The van der Waals surface area contributed by atoms with Gasteiger partial charge < -0.3 is 15.3 Å². The number of carboxylic acid groups (broad SMARTS) is 1. The molecule has 0 bridgehead atoms. The van der Waals surface area contributed by atoms with Gasteiger partial charge in [0.15, 0.2) is 0 Å². The van der Waals surface area contributed by atoms with Crippen molar-refractivity contribution in [1.82, 2.24) is 10.2 Å². The number of piperidine rings is 1. The van der Waals surface area contributed by atoms with Gasteiger partial charge in [-0.15, -0.1) is 0 Å². The van der Waals surface area contributed by atoms with Crippen LogP contribution in [0.3, 0.4) is 0 Å². The van der Waals surface area contributed by atoms with Crippen molar-refractivity contribution in [2.75, 3.05) is 13.1 Å². The number of aliphatic carboxylic acids is 1. The number of carbonyl (C=O) groups excluding carboxylic acids is 1. The average Bonchev–Trinajstić information content (AvgIpc) is 2.41. The summed E-state index contributed by atoms with van der Waals surface area (Å²) in [6.07, 6.45) is 5.24. The van der Waals surface area contributed by atoms with E-state index in [1.54, 1.807) is 0 Å². The van der Waals surface area contributed by atoms with E-state index < -0.39 is 5.97 Å². The molecule has 5 heteroatoms. The summed E-state index contributed by atoms with van der Waals surface area (Å²) in [5.41, 5.74) is 0. The zero-order chi connectivity index (χ0) is 15.0. The van der Waals surface area contributed by atoms with Gasteiger partial charge in [-0.1, -0.05) is 13.8 Å². The van der Waals surface area contributed by atoms with E-state index in [2.05, 4.69) is 19.2 Å². The molecule has 1 fully saturated rings. The lowest BCUT2D eigenvalue weighted by Gasteiger charge is -2.36. The minimum absolute atomic E-state index is 0.130. The third-order valence-corrected chi connectivity index (χ3v) is 3.76. The zero-order valence-corrected chi connectivity index (χ0v) is 12.7. The summed E-state index contributed by atoms with van der Waals surface area (Å²) >= 11 is 0. The second-order valence-electron chi connectivity index (χ2n) is 5.88. The molecule has 2 N–H and O–H groups in total. The smallest absolute Gasteiger partial charge is 0.303 e. The van der Waals surface area contributed by atoms with Crippen LogP contribution in [0.2, 0.25) is 0 Å². The van der Waals surface area contributed by atoms with Gasteiger partial charge in [0.25, 0.3) is 0 Å². The van der Waals surface area contributed by atoms with Crippen LogP contribution in [0.4, 0.5) is 0 Å². The topological polar surface area (TPSA) is 69.6 Å². The highest BCUT2D eigenvalue weighted by Gasteiger charge is 2.26. The van der Waals surface area contributed by atoms with Crippen LogP contribution in [0.5, 0.6) is 0 Å². The van der Waals surface area contributed by atoms with E-state index >= 15 is 0 Å². The second kappa shape index (κ2) is 8.95. The molecule has 0 radical (unpaired) electrons. The maximum Gasteiger partial charge on any atom is 0.303 e. The monoisotopic (exact) mass is 284 g/mol. The van der Waals surface area contributed by atoms with Gasteiger partial charge in [-0.2, -0.15) is 0 Å². The molecule has 0 aliphatic carbocycles. The summed E-state index contributed by atoms with van der Waals surface area (Å²) in [6, 6.07) is 0.578. The molecule has 116 valence electrons. The summed E-state index contributed by atoms with van der Waals surface area (Å²) in [5.74, 6) is -0.588. The highest BCUT2D eigenvalue weighted by Crippen LogP contribution is 2.22. The van der Waals surface area contributed by atoms with Crippen LogP contribution in [-0.2, 0) is 9.59 Å². The van der Waals surface area contributed by atoms with Crippen LogP contribution in [0.1, 0.15) is 58.8 Å². The van der Waals surface area contributed by atoms with E-state index in [1.165, 1.54) is 0 Å². The lowest BCUT2D eigenvalue weighted by molar-refractivity contribution is -0.140. The number of carbonyl (C=O) groups is 2. The van der Waals surface area contributed by atoms with E-state index in [0.717, 1.165) is 38.8 Å². The van der Waals surface area contributed by atoms with Crippen molar-refractivity contribution in [2.45, 2.75) is 70.9 Å². The van der Waals surface area contributed by atoms with Crippen molar-refractivity contribution in [3.8, 4) is 0 Å². The van der Waals surface area contributed by atoms with Gasteiger partial charge in [0.05, 0.1) is 0 Å². The Kier molecular flexibility index (Phi) is 7.59. The number of rotatable bonds is 8. The first-order valence-corrected chi connectivity index (χ1v) is 7.75. The Labute approximate surface area is 121 Å². The standard InChI is InChI=1S/C15H28N2O3/c1-12(2)16-10-5-7-14(18)17-11-4-3-6-13(17)8-9-15(19)20/h12-13,16H,3-11H2,1-2H3,(H,19,20). The van der Waals surface area contributed by atoms with Gasteiger partial charge in [-0.3, -0.25) is 9.59 Å². The summed E-state index contributed by atoms with van der Waals surface area (Å²) in [7, 11) is 0. The molecule has 1 saturated heterocycles. The van der Waals surface area contributed by atoms with Crippen LogP contribution < -0.4 is 5.32 Å². The molecule has 20 heavy (non-hydrogen) atoms. The molecule has 0 aromatic rings. The lowest BCUT2D eigenvalue weighted by atomic mass is 9.97. The van der Waals surface area contributed by atoms with E-state index in [9.17, 15) is 9.59 Å². The summed E-state index contributed by atoms with van der Waals surface area (Å²) < 4.78 is 0. The molecule has 0 spiro atoms. The fourth-order valence-electron chi connectivity index (χ4n) is 2.69. The van der Waals surface area contributed by atoms with Crippen molar-refractivity contribution in [1.29, 1.82) is 0 Å². The van der Waals surface area contributed by atoms with Crippen molar-refractivity contribution < 1.29 is 14.7 Å². The number of likely N-dealkylation sites (tertiary alicyclic amines) is 1. The lowest BCUT2D eigenvalue weighted by Crippen LogP contribution is -2.44. The molecule has 5 nitrogen and oxygen atoms in total. The molecule has 1 atom stereocenters. The molecule has 1 unspecified atom stereocenters. The first kappa shape index (κ1) is 17.0. The predicted octanol–water partition coefficient (Wildman–Crippen LogP) is 2.01. The largest absolute Gasteiger partial charge is 0.481 e. The highest BCUT2D eigenvalue weighted by molar-refractivity contribution is 5.76. The third-order valence-electron chi connectivity index (χ3n) is 3.76. The van der Waals surface area contributed by atoms with E-state index in [4.69, 9.17) is 5.11 Å². The maximum atomic E-state index is 12.2. The third kappa shape index (κ3) is 6.37. The van der Waals surface area contributed by atoms with Gasteiger partial charge in [0.2, 0.25) is 5.91 Å². The molecule has 1 heterocycles. The summed E-state index contributed by atoms with van der Waals surface area (Å²) in [4.78, 5) is 24.8. The Balaban J connectivity index is 2.35. The van der Waals surface area contributed by atoms with Gasteiger partial charge in [0.1, 0.15) is 0 Å². The van der Waals surface area contributed by atoms with Crippen LogP contribution in [-0.4, -0.2) is 47.1 Å². The normalized spacial score (nSPS) is 19.4. The Hall–Kier alpha value is -1.10. The fraction of sp³-hybridized carbons (Fsp3) is 0.867. The number of hydrogen-bond acceptors (Lipinski definition) is 3. The van der Waals surface area contributed by atoms with Crippen molar-refractivity contribution in [3.63, 3.8) is 0 Å². The van der Waals surface area contributed by atoms with Crippen molar-refractivity contribution in [2.24, 2.45) is 0 Å². The van der Waals surface area contributed by atoms with E-state index in [-0.39, 0.29) is 18.4 Å². The van der Waals surface area contributed by atoms with Gasteiger partial charge in [-0.25, -0.2) is 0 Å². The number of amides is 1. The Morgan fingerprint density at radius 1 is 1.30 bits per heavy atom. The molecule has 1 aliphatic heterocycles. The Morgan fingerprint density at radius 2 is 2.05 bits per heavy atom. The summed E-state index contributed by atoms with van der Waals surface area (Å²) in [6.45, 7) is 5.83. The Morgan fingerprint density at radius 3 is 2.70 bits per heavy atom. The molecule has 1 amide bonds. The molecular weight excluding hydrogens is 256 g/mol.